The molecule has 14 heavy (non-hydrogen) atoms. The van der Waals surface area contributed by atoms with Gasteiger partial charge >= 0.3 is 0 Å². The molecule has 84 valence electrons. The van der Waals surface area contributed by atoms with Crippen LogP contribution >= 0.6 is 0 Å². The normalized spacial score (nSPS) is 29.1. The van der Waals surface area contributed by atoms with Crippen molar-refractivity contribution in [2.75, 3.05) is 21.1 Å². The van der Waals surface area contributed by atoms with Crippen molar-refractivity contribution in [1.82, 2.24) is 9.80 Å². The van der Waals surface area contributed by atoms with Gasteiger partial charge in [-0.15, -0.1) is 0 Å². The predicted molar refractivity (Wildman–Crippen MR) is 62.6 cm³/mol. The minimum atomic E-state index is 0.691. The molecule has 2 nitrogen and oxygen atoms in total. The number of hydrogen-bond donors (Lipinski definition) is 0. The van der Waals surface area contributed by atoms with Gasteiger partial charge in [0.25, 0.3) is 0 Å². The van der Waals surface area contributed by atoms with Gasteiger partial charge in [0.1, 0.15) is 0 Å². The zero-order valence-corrected chi connectivity index (χ0v) is 10.5. The largest absolute Gasteiger partial charge is 0.306 e. The van der Waals surface area contributed by atoms with Gasteiger partial charge < -0.3 is 9.80 Å². The Labute approximate surface area is 89.3 Å². The second-order valence-electron chi connectivity index (χ2n) is 5.19. The molecule has 0 N–H and O–H groups in total. The SMILES string of the molecule is CC(C)N(C)C1CCC(N(C)C)CC1. The molecular formula is C12H26N2. The Morgan fingerprint density at radius 1 is 0.857 bits per heavy atom. The molecule has 1 saturated carbocycles. The highest BCUT2D eigenvalue weighted by Gasteiger charge is 2.25. The third-order valence-electron chi connectivity index (χ3n) is 3.79. The van der Waals surface area contributed by atoms with Crippen molar-refractivity contribution in [3.05, 3.63) is 0 Å². The zero-order valence-electron chi connectivity index (χ0n) is 10.5. The molecule has 1 rings (SSSR count). The molecule has 1 aliphatic rings. The van der Waals surface area contributed by atoms with Gasteiger partial charge in [-0.2, -0.15) is 0 Å². The highest BCUT2D eigenvalue weighted by atomic mass is 15.2. The Bertz CT molecular complexity index is 158. The van der Waals surface area contributed by atoms with Crippen molar-refractivity contribution < 1.29 is 0 Å². The van der Waals surface area contributed by atoms with E-state index < -0.39 is 0 Å². The molecule has 0 aliphatic heterocycles. The topological polar surface area (TPSA) is 6.48 Å². The summed E-state index contributed by atoms with van der Waals surface area (Å²) in [4.78, 5) is 4.91. The van der Waals surface area contributed by atoms with Crippen LogP contribution in [0.5, 0.6) is 0 Å². The molecule has 0 radical (unpaired) electrons. The van der Waals surface area contributed by atoms with E-state index in [1.807, 2.05) is 0 Å². The van der Waals surface area contributed by atoms with E-state index in [9.17, 15) is 0 Å². The standard InChI is InChI=1S/C12H26N2/c1-10(2)14(5)12-8-6-11(7-9-12)13(3)4/h10-12H,6-9H2,1-5H3. The van der Waals surface area contributed by atoms with E-state index >= 15 is 0 Å². The molecule has 0 heterocycles. The molecule has 0 saturated heterocycles. The molecule has 0 spiro atoms. The van der Waals surface area contributed by atoms with Crippen LogP contribution in [0.3, 0.4) is 0 Å². The van der Waals surface area contributed by atoms with E-state index in [1.165, 1.54) is 25.7 Å². The summed E-state index contributed by atoms with van der Waals surface area (Å²) < 4.78 is 0. The van der Waals surface area contributed by atoms with Crippen LogP contribution in [0.15, 0.2) is 0 Å². The quantitative estimate of drug-likeness (QED) is 0.686. The fourth-order valence-corrected chi connectivity index (χ4v) is 2.40. The van der Waals surface area contributed by atoms with Gasteiger partial charge in [-0.05, 0) is 60.7 Å². The summed E-state index contributed by atoms with van der Waals surface area (Å²) in [5.41, 5.74) is 0. The maximum Gasteiger partial charge on any atom is 0.00960 e. The van der Waals surface area contributed by atoms with Gasteiger partial charge in [0.15, 0.2) is 0 Å². The van der Waals surface area contributed by atoms with E-state index in [-0.39, 0.29) is 0 Å². The third-order valence-corrected chi connectivity index (χ3v) is 3.79. The van der Waals surface area contributed by atoms with Crippen LogP contribution in [0.1, 0.15) is 39.5 Å². The van der Waals surface area contributed by atoms with Crippen molar-refractivity contribution in [1.29, 1.82) is 0 Å². The Kier molecular flexibility index (Phi) is 4.39. The number of nitrogens with zero attached hydrogens (tertiary/aromatic N) is 2. The maximum atomic E-state index is 2.53. The van der Waals surface area contributed by atoms with Crippen molar-refractivity contribution in [3.63, 3.8) is 0 Å². The summed E-state index contributed by atoms with van der Waals surface area (Å²) in [6.45, 7) is 4.58. The first-order valence-electron chi connectivity index (χ1n) is 5.90. The average Bonchev–Trinajstić information content (AvgIpc) is 2.16. The smallest absolute Gasteiger partial charge is 0.00960 e. The van der Waals surface area contributed by atoms with Crippen LogP contribution in [-0.4, -0.2) is 49.1 Å². The van der Waals surface area contributed by atoms with Gasteiger partial charge in [0, 0.05) is 18.1 Å². The Hall–Kier alpha value is -0.0800. The molecule has 0 unspecified atom stereocenters. The Morgan fingerprint density at radius 2 is 1.29 bits per heavy atom. The molecule has 0 amide bonds. The second-order valence-corrected chi connectivity index (χ2v) is 5.19. The fraction of sp³-hybridized carbons (Fsp3) is 1.00. The van der Waals surface area contributed by atoms with E-state index in [2.05, 4.69) is 44.8 Å². The van der Waals surface area contributed by atoms with E-state index in [0.717, 1.165) is 12.1 Å². The van der Waals surface area contributed by atoms with Crippen LogP contribution < -0.4 is 0 Å². The molecule has 2 heteroatoms. The van der Waals surface area contributed by atoms with Crippen LogP contribution in [-0.2, 0) is 0 Å². The summed E-state index contributed by atoms with van der Waals surface area (Å²) in [6.07, 6.45) is 5.48. The first-order chi connectivity index (χ1) is 6.52. The summed E-state index contributed by atoms with van der Waals surface area (Å²) in [7, 11) is 6.68. The van der Waals surface area contributed by atoms with Gasteiger partial charge in [-0.25, -0.2) is 0 Å². The number of hydrogen-bond acceptors (Lipinski definition) is 2. The molecule has 1 aliphatic carbocycles. The first kappa shape index (κ1) is 12.0. The lowest BCUT2D eigenvalue weighted by Gasteiger charge is -2.38. The fourth-order valence-electron chi connectivity index (χ4n) is 2.40. The van der Waals surface area contributed by atoms with Crippen LogP contribution in [0.25, 0.3) is 0 Å². The summed E-state index contributed by atoms with van der Waals surface area (Å²) in [6, 6.07) is 2.34. The Morgan fingerprint density at radius 3 is 1.64 bits per heavy atom. The predicted octanol–water partition coefficient (Wildman–Crippen LogP) is 2.20. The van der Waals surface area contributed by atoms with E-state index in [0.29, 0.717) is 6.04 Å². The monoisotopic (exact) mass is 198 g/mol. The minimum absolute atomic E-state index is 0.691. The van der Waals surface area contributed by atoms with Crippen LogP contribution in [0, 0.1) is 0 Å². The zero-order chi connectivity index (χ0) is 10.7. The average molecular weight is 198 g/mol. The minimum Gasteiger partial charge on any atom is -0.306 e. The van der Waals surface area contributed by atoms with E-state index in [1.54, 1.807) is 0 Å². The molecule has 0 aromatic heterocycles. The van der Waals surface area contributed by atoms with Gasteiger partial charge in [0.2, 0.25) is 0 Å². The van der Waals surface area contributed by atoms with Crippen molar-refractivity contribution in [3.8, 4) is 0 Å². The highest BCUT2D eigenvalue weighted by molar-refractivity contribution is 4.82. The molecule has 1 fully saturated rings. The third kappa shape index (κ3) is 2.96. The van der Waals surface area contributed by atoms with Crippen molar-refractivity contribution in [2.45, 2.75) is 57.7 Å². The lowest BCUT2D eigenvalue weighted by atomic mass is 9.89. The summed E-state index contributed by atoms with van der Waals surface area (Å²) >= 11 is 0. The lowest BCUT2D eigenvalue weighted by molar-refractivity contribution is 0.117. The highest BCUT2D eigenvalue weighted by Crippen LogP contribution is 2.25. The van der Waals surface area contributed by atoms with E-state index in [4.69, 9.17) is 0 Å². The molecule has 0 aromatic rings. The van der Waals surface area contributed by atoms with Crippen LogP contribution in [0.2, 0.25) is 0 Å². The second kappa shape index (κ2) is 5.13. The van der Waals surface area contributed by atoms with Crippen molar-refractivity contribution in [2.24, 2.45) is 0 Å². The lowest BCUT2D eigenvalue weighted by Crippen LogP contribution is -2.42. The van der Waals surface area contributed by atoms with Gasteiger partial charge in [-0.1, -0.05) is 0 Å². The van der Waals surface area contributed by atoms with Crippen LogP contribution in [0.4, 0.5) is 0 Å². The van der Waals surface area contributed by atoms with Crippen molar-refractivity contribution >= 4 is 0 Å². The van der Waals surface area contributed by atoms with Gasteiger partial charge in [0.05, 0.1) is 0 Å². The molecule has 0 atom stereocenters. The molecule has 0 bridgehead atoms. The maximum absolute atomic E-state index is 2.53. The Balaban J connectivity index is 2.35. The van der Waals surface area contributed by atoms with Gasteiger partial charge in [-0.3, -0.25) is 0 Å². The number of rotatable bonds is 3. The molecule has 0 aromatic carbocycles. The summed E-state index contributed by atoms with van der Waals surface area (Å²) in [5, 5.41) is 0. The molecular weight excluding hydrogens is 172 g/mol. The first-order valence-corrected chi connectivity index (χ1v) is 5.90. The summed E-state index contributed by atoms with van der Waals surface area (Å²) in [5.74, 6) is 0.